The number of carbonyl (C=O) groups excluding carboxylic acids is 2. The van der Waals surface area contributed by atoms with Gasteiger partial charge in [-0.15, -0.1) is 10.2 Å². The average molecular weight is 495 g/mol. The molecule has 2 aromatic carbocycles. The van der Waals surface area contributed by atoms with Crippen LogP contribution in [0.5, 0.6) is 5.75 Å². The number of ether oxygens (including phenoxy) is 1. The van der Waals surface area contributed by atoms with E-state index in [1.54, 1.807) is 31.4 Å². The zero-order valence-electron chi connectivity index (χ0n) is 20.0. The number of methoxy groups -OCH3 is 1. The minimum absolute atomic E-state index is 0.110. The quantitative estimate of drug-likeness (QED) is 0.456. The molecule has 1 aliphatic heterocycles. The van der Waals surface area contributed by atoms with E-state index < -0.39 is 0 Å². The van der Waals surface area contributed by atoms with Crippen LogP contribution < -0.4 is 15.0 Å². The Hall–Kier alpha value is -3.53. The summed E-state index contributed by atoms with van der Waals surface area (Å²) in [5.41, 5.74) is 1.77. The predicted molar refractivity (Wildman–Crippen MR) is 136 cm³/mol. The van der Waals surface area contributed by atoms with Crippen LogP contribution in [0.4, 0.5) is 5.69 Å². The number of hydrogen-bond donors (Lipinski definition) is 1. The van der Waals surface area contributed by atoms with Crippen molar-refractivity contribution >= 4 is 29.3 Å². The number of aromatic nitrogens is 3. The molecule has 1 aromatic heterocycles. The summed E-state index contributed by atoms with van der Waals surface area (Å²) < 4.78 is 7.00. The molecule has 1 saturated heterocycles. The van der Waals surface area contributed by atoms with Gasteiger partial charge in [-0.25, -0.2) is 0 Å². The van der Waals surface area contributed by atoms with E-state index >= 15 is 0 Å². The fourth-order valence-corrected chi connectivity index (χ4v) is 4.72. The number of benzene rings is 2. The number of nitrogens with one attached hydrogen (secondary N) is 1. The Morgan fingerprint density at radius 3 is 2.40 bits per heavy atom. The van der Waals surface area contributed by atoms with E-state index in [4.69, 9.17) is 4.74 Å². The van der Waals surface area contributed by atoms with E-state index in [-0.39, 0.29) is 11.8 Å². The normalized spacial score (nSPS) is 13.5. The third kappa shape index (κ3) is 6.33. The largest absolute Gasteiger partial charge is 0.497 e. The highest BCUT2D eigenvalue weighted by atomic mass is 32.2. The van der Waals surface area contributed by atoms with Gasteiger partial charge in [0.15, 0.2) is 5.16 Å². The van der Waals surface area contributed by atoms with Crippen molar-refractivity contribution in [3.05, 3.63) is 66.0 Å². The summed E-state index contributed by atoms with van der Waals surface area (Å²) in [4.78, 5) is 29.3. The lowest BCUT2D eigenvalue weighted by atomic mass is 10.2. The molecular weight excluding hydrogens is 464 g/mol. The van der Waals surface area contributed by atoms with Crippen molar-refractivity contribution in [1.82, 2.24) is 25.0 Å². The van der Waals surface area contributed by atoms with Crippen LogP contribution in [0.3, 0.4) is 0 Å². The summed E-state index contributed by atoms with van der Waals surface area (Å²) in [5.74, 6) is 1.75. The number of thioether (sulfide) groups is 1. The second kappa shape index (κ2) is 11.7. The minimum atomic E-state index is -0.151. The second-order valence-corrected chi connectivity index (χ2v) is 9.13. The van der Waals surface area contributed by atoms with E-state index in [1.807, 2.05) is 34.7 Å². The van der Waals surface area contributed by atoms with Crippen LogP contribution in [0, 0.1) is 0 Å². The van der Waals surface area contributed by atoms with Crippen LogP contribution in [-0.2, 0) is 18.3 Å². The van der Waals surface area contributed by atoms with E-state index in [2.05, 4.69) is 32.5 Å². The predicted octanol–water partition coefficient (Wildman–Crippen LogP) is 2.24. The molecule has 1 aliphatic rings. The van der Waals surface area contributed by atoms with Crippen LogP contribution in [0.25, 0.3) is 0 Å². The molecule has 2 amide bonds. The zero-order valence-corrected chi connectivity index (χ0v) is 20.8. The van der Waals surface area contributed by atoms with Crippen LogP contribution in [0.15, 0.2) is 59.8 Å². The first-order chi connectivity index (χ1) is 17.0. The molecule has 0 saturated carbocycles. The first-order valence-corrected chi connectivity index (χ1v) is 12.5. The van der Waals surface area contributed by atoms with Crippen molar-refractivity contribution in [2.75, 3.05) is 50.5 Å². The molecule has 1 N–H and O–H groups in total. The van der Waals surface area contributed by atoms with Crippen molar-refractivity contribution in [1.29, 1.82) is 0 Å². The molecule has 9 nitrogen and oxygen atoms in total. The Kier molecular flexibility index (Phi) is 8.25. The highest BCUT2D eigenvalue weighted by Crippen LogP contribution is 2.19. The van der Waals surface area contributed by atoms with Crippen LogP contribution in [0.1, 0.15) is 16.2 Å². The fourth-order valence-electron chi connectivity index (χ4n) is 3.89. The molecule has 0 radical (unpaired) electrons. The van der Waals surface area contributed by atoms with Gasteiger partial charge in [-0.1, -0.05) is 30.0 Å². The molecule has 2 heterocycles. The number of amides is 2. The lowest BCUT2D eigenvalue weighted by molar-refractivity contribution is -0.128. The molecule has 0 spiro atoms. The maximum absolute atomic E-state index is 12.7. The van der Waals surface area contributed by atoms with Crippen molar-refractivity contribution in [3.63, 3.8) is 0 Å². The maximum Gasteiger partial charge on any atom is 0.251 e. The molecular formula is C25H30N6O3S. The van der Waals surface area contributed by atoms with Crippen molar-refractivity contribution < 1.29 is 14.3 Å². The standard InChI is InChI=1S/C25H30N6O3S/c1-29-22(12-13-26-24(33)19-8-10-21(34-2)11-9-19)27-28-25(29)35-18-23(32)31-16-14-30(15-17-31)20-6-4-3-5-7-20/h3-11H,12-18H2,1-2H3,(H,26,33). The summed E-state index contributed by atoms with van der Waals surface area (Å²) in [6.07, 6.45) is 0.543. The zero-order chi connectivity index (χ0) is 24.6. The highest BCUT2D eigenvalue weighted by Gasteiger charge is 2.22. The van der Waals surface area contributed by atoms with E-state index in [0.29, 0.717) is 48.3 Å². The van der Waals surface area contributed by atoms with Gasteiger partial charge in [0.2, 0.25) is 5.91 Å². The van der Waals surface area contributed by atoms with Gasteiger partial charge in [-0.3, -0.25) is 9.59 Å². The van der Waals surface area contributed by atoms with E-state index in [9.17, 15) is 9.59 Å². The minimum Gasteiger partial charge on any atom is -0.497 e. The van der Waals surface area contributed by atoms with Crippen LogP contribution in [-0.4, -0.2) is 77.1 Å². The molecule has 184 valence electrons. The van der Waals surface area contributed by atoms with Gasteiger partial charge < -0.3 is 24.4 Å². The van der Waals surface area contributed by atoms with E-state index in [1.165, 1.54) is 17.4 Å². The SMILES string of the molecule is COc1ccc(C(=O)NCCc2nnc(SCC(=O)N3CCN(c4ccccc4)CC3)n2C)cc1. The number of para-hydroxylation sites is 1. The molecule has 4 rings (SSSR count). The molecule has 0 unspecified atom stereocenters. The Morgan fingerprint density at radius 2 is 1.71 bits per heavy atom. The number of rotatable bonds is 9. The second-order valence-electron chi connectivity index (χ2n) is 8.18. The Balaban J connectivity index is 1.20. The smallest absolute Gasteiger partial charge is 0.251 e. The van der Waals surface area contributed by atoms with Gasteiger partial charge in [0, 0.05) is 57.4 Å². The van der Waals surface area contributed by atoms with Crippen molar-refractivity contribution in [2.24, 2.45) is 7.05 Å². The Labute approximate surface area is 209 Å². The summed E-state index contributed by atoms with van der Waals surface area (Å²) >= 11 is 1.39. The van der Waals surface area contributed by atoms with Gasteiger partial charge in [0.25, 0.3) is 5.91 Å². The topological polar surface area (TPSA) is 92.6 Å². The summed E-state index contributed by atoms with van der Waals surface area (Å²) in [7, 11) is 3.47. The Bertz CT molecular complexity index is 1130. The van der Waals surface area contributed by atoms with Gasteiger partial charge in [-0.2, -0.15) is 0 Å². The number of carbonyl (C=O) groups is 2. The van der Waals surface area contributed by atoms with Gasteiger partial charge in [0.05, 0.1) is 12.9 Å². The molecule has 0 atom stereocenters. The maximum atomic E-state index is 12.7. The number of hydrogen-bond acceptors (Lipinski definition) is 7. The lowest BCUT2D eigenvalue weighted by Gasteiger charge is -2.36. The molecule has 10 heteroatoms. The molecule has 0 aliphatic carbocycles. The summed E-state index contributed by atoms with van der Waals surface area (Å²) in [6, 6.07) is 17.2. The number of nitrogens with zero attached hydrogens (tertiary/aromatic N) is 5. The van der Waals surface area contributed by atoms with Gasteiger partial charge in [-0.05, 0) is 36.4 Å². The summed E-state index contributed by atoms with van der Waals surface area (Å²) in [5, 5.41) is 12.1. The Morgan fingerprint density at radius 1 is 1.00 bits per heavy atom. The van der Waals surface area contributed by atoms with Crippen LogP contribution in [0.2, 0.25) is 0 Å². The molecule has 3 aromatic rings. The third-order valence-electron chi connectivity index (χ3n) is 5.99. The number of piperazine rings is 1. The van der Waals surface area contributed by atoms with Crippen molar-refractivity contribution in [3.8, 4) is 5.75 Å². The third-order valence-corrected chi connectivity index (χ3v) is 6.99. The monoisotopic (exact) mass is 494 g/mol. The van der Waals surface area contributed by atoms with Crippen molar-refractivity contribution in [2.45, 2.75) is 11.6 Å². The molecule has 1 fully saturated rings. The molecule has 35 heavy (non-hydrogen) atoms. The first-order valence-electron chi connectivity index (χ1n) is 11.6. The lowest BCUT2D eigenvalue weighted by Crippen LogP contribution is -2.49. The first kappa shape index (κ1) is 24.6. The fraction of sp³-hybridized carbons (Fsp3) is 0.360. The highest BCUT2D eigenvalue weighted by molar-refractivity contribution is 7.99. The van der Waals surface area contributed by atoms with Gasteiger partial charge >= 0.3 is 0 Å². The molecule has 0 bridgehead atoms. The number of anilines is 1. The van der Waals surface area contributed by atoms with E-state index in [0.717, 1.165) is 18.9 Å². The van der Waals surface area contributed by atoms with Gasteiger partial charge in [0.1, 0.15) is 11.6 Å². The average Bonchev–Trinajstić information content (AvgIpc) is 3.26. The van der Waals surface area contributed by atoms with Crippen LogP contribution >= 0.6 is 11.8 Å². The summed E-state index contributed by atoms with van der Waals surface area (Å²) in [6.45, 7) is 3.53.